The van der Waals surface area contributed by atoms with E-state index in [9.17, 15) is 19.6 Å². The van der Waals surface area contributed by atoms with Crippen LogP contribution in [0.25, 0.3) is 6.08 Å². The normalized spacial score (nSPS) is 12.1. The highest BCUT2D eigenvalue weighted by Crippen LogP contribution is 2.19. The van der Waals surface area contributed by atoms with Gasteiger partial charge in [-0.3, -0.25) is 9.59 Å². The molecule has 1 aromatic carbocycles. The molecule has 0 saturated heterocycles. The van der Waals surface area contributed by atoms with E-state index in [1.807, 2.05) is 26.0 Å². The lowest BCUT2D eigenvalue weighted by molar-refractivity contribution is -0.148. The summed E-state index contributed by atoms with van der Waals surface area (Å²) in [5, 5.41) is 12.0. The highest BCUT2D eigenvalue weighted by Gasteiger charge is 2.21. The van der Waals surface area contributed by atoms with Crippen molar-refractivity contribution in [3.05, 3.63) is 58.4 Å². The molecule has 0 aliphatic rings. The molecule has 162 valence electrons. The average Bonchev–Trinajstić information content (AvgIpc) is 2.99. The van der Waals surface area contributed by atoms with Crippen molar-refractivity contribution in [2.75, 3.05) is 5.32 Å². The Bertz CT molecular complexity index is 1070. The minimum Gasteiger partial charge on any atom is -0.448 e. The van der Waals surface area contributed by atoms with Crippen LogP contribution in [0.5, 0.6) is 0 Å². The molecule has 31 heavy (non-hydrogen) atoms. The van der Waals surface area contributed by atoms with Crippen molar-refractivity contribution in [3.8, 4) is 6.07 Å². The smallest absolute Gasteiger partial charge is 0.349 e. The van der Waals surface area contributed by atoms with E-state index < -0.39 is 18.0 Å². The van der Waals surface area contributed by atoms with Crippen molar-refractivity contribution in [2.24, 2.45) is 0 Å². The lowest BCUT2D eigenvalue weighted by atomic mass is 10.1. The van der Waals surface area contributed by atoms with Gasteiger partial charge in [-0.2, -0.15) is 5.26 Å². The van der Waals surface area contributed by atoms with E-state index in [4.69, 9.17) is 4.74 Å². The number of esters is 1. The van der Waals surface area contributed by atoms with Gasteiger partial charge in [-0.15, -0.1) is 0 Å². The van der Waals surface area contributed by atoms with Gasteiger partial charge in [-0.1, -0.05) is 19.1 Å². The predicted octanol–water partition coefficient (Wildman–Crippen LogP) is 4.19. The second-order valence-electron chi connectivity index (χ2n) is 7.32. The highest BCUT2D eigenvalue weighted by atomic mass is 16.5. The summed E-state index contributed by atoms with van der Waals surface area (Å²) < 4.78 is 7.32. The first-order chi connectivity index (χ1) is 14.7. The molecular formula is C24H27N3O4. The molecule has 0 unspecified atom stereocenters. The summed E-state index contributed by atoms with van der Waals surface area (Å²) >= 11 is 0. The molecule has 0 radical (unpaired) electrons. The number of ketones is 1. The summed E-state index contributed by atoms with van der Waals surface area (Å²) in [7, 11) is 0. The first-order valence-electron chi connectivity index (χ1n) is 10.1. The van der Waals surface area contributed by atoms with Gasteiger partial charge in [0.05, 0.1) is 0 Å². The second-order valence-corrected chi connectivity index (χ2v) is 7.32. The van der Waals surface area contributed by atoms with Crippen LogP contribution in [0.3, 0.4) is 0 Å². The minimum atomic E-state index is -1.13. The summed E-state index contributed by atoms with van der Waals surface area (Å²) in [4.78, 5) is 36.4. The molecule has 0 fully saturated rings. The number of aromatic nitrogens is 1. The Balaban J connectivity index is 2.11. The number of carbonyl (C=O) groups is 3. The Morgan fingerprint density at radius 1 is 1.26 bits per heavy atom. The number of nitrogens with zero attached hydrogens (tertiary/aromatic N) is 2. The highest BCUT2D eigenvalue weighted by molar-refractivity contribution is 6.02. The zero-order valence-electron chi connectivity index (χ0n) is 18.5. The fourth-order valence-electron chi connectivity index (χ4n) is 3.17. The van der Waals surface area contributed by atoms with Gasteiger partial charge in [0, 0.05) is 29.2 Å². The van der Waals surface area contributed by atoms with Crippen LogP contribution in [0.15, 0.2) is 35.9 Å². The van der Waals surface area contributed by atoms with Crippen LogP contribution < -0.4 is 5.32 Å². The molecule has 1 N–H and O–H groups in total. The number of benzene rings is 1. The van der Waals surface area contributed by atoms with Crippen molar-refractivity contribution in [3.63, 3.8) is 0 Å². The Hall–Kier alpha value is -3.66. The standard InChI is InChI=1S/C24H27N3O4/c1-6-10-27-15(2)11-20(16(27)3)12-21(14-25)24(30)31-18(5)23(29)26-22-9-7-8-19(13-22)17(4)28/h7-9,11-13,18H,6,10H2,1-5H3,(H,26,29)/b21-12+/t18-/m1/s1. The fraction of sp³-hybridized carbons (Fsp3) is 0.333. The molecular weight excluding hydrogens is 394 g/mol. The first-order valence-corrected chi connectivity index (χ1v) is 10.1. The van der Waals surface area contributed by atoms with Gasteiger partial charge >= 0.3 is 5.97 Å². The van der Waals surface area contributed by atoms with E-state index >= 15 is 0 Å². The number of amides is 1. The van der Waals surface area contributed by atoms with Gasteiger partial charge in [-0.05, 0) is 64.0 Å². The summed E-state index contributed by atoms with van der Waals surface area (Å²) in [5.74, 6) is -1.56. The van der Waals surface area contributed by atoms with Gasteiger partial charge in [0.1, 0.15) is 11.6 Å². The number of aryl methyl sites for hydroxylation is 1. The van der Waals surface area contributed by atoms with Gasteiger partial charge in [0.15, 0.2) is 11.9 Å². The number of rotatable bonds is 8. The van der Waals surface area contributed by atoms with Crippen LogP contribution in [-0.4, -0.2) is 28.3 Å². The Morgan fingerprint density at radius 2 is 1.97 bits per heavy atom. The number of nitriles is 1. The number of nitrogens with one attached hydrogen (secondary N) is 1. The number of carbonyl (C=O) groups excluding carboxylic acids is 3. The second kappa shape index (κ2) is 10.4. The van der Waals surface area contributed by atoms with Gasteiger partial charge in [-0.25, -0.2) is 4.79 Å². The van der Waals surface area contributed by atoms with Crippen molar-refractivity contribution in [1.82, 2.24) is 4.57 Å². The summed E-state index contributed by atoms with van der Waals surface area (Å²) in [6, 6.07) is 10.2. The van der Waals surface area contributed by atoms with Gasteiger partial charge in [0.25, 0.3) is 5.91 Å². The number of Topliss-reactive ketones (excluding diaryl/α,β-unsaturated/α-hetero) is 1. The van der Waals surface area contributed by atoms with Gasteiger partial charge in [0.2, 0.25) is 0 Å². The van der Waals surface area contributed by atoms with Crippen LogP contribution in [0, 0.1) is 25.2 Å². The SMILES string of the molecule is CCCn1c(C)cc(/C=C(\C#N)C(=O)O[C@H](C)C(=O)Nc2cccc(C(C)=O)c2)c1C. The molecule has 7 heteroatoms. The summed E-state index contributed by atoms with van der Waals surface area (Å²) in [6.07, 6.45) is 1.32. The third-order valence-corrected chi connectivity index (χ3v) is 4.89. The molecule has 0 bridgehead atoms. The lowest BCUT2D eigenvalue weighted by Gasteiger charge is -2.13. The maximum Gasteiger partial charge on any atom is 0.349 e. The number of hydrogen-bond acceptors (Lipinski definition) is 5. The van der Waals surface area contributed by atoms with E-state index in [0.717, 1.165) is 29.9 Å². The van der Waals surface area contributed by atoms with Crippen molar-refractivity contribution >= 4 is 29.4 Å². The van der Waals surface area contributed by atoms with Crippen LogP contribution in [0.2, 0.25) is 0 Å². The van der Waals surface area contributed by atoms with Crippen molar-refractivity contribution < 1.29 is 19.1 Å². The molecule has 0 saturated carbocycles. The Labute approximate surface area is 182 Å². The fourth-order valence-corrected chi connectivity index (χ4v) is 3.17. The summed E-state index contributed by atoms with van der Waals surface area (Å²) in [6.45, 7) is 9.68. The molecule has 1 aromatic heterocycles. The van der Waals surface area contributed by atoms with Crippen LogP contribution in [-0.2, 0) is 20.9 Å². The van der Waals surface area contributed by atoms with E-state index in [0.29, 0.717) is 11.3 Å². The molecule has 2 rings (SSSR count). The maximum absolute atomic E-state index is 12.5. The zero-order valence-corrected chi connectivity index (χ0v) is 18.5. The van der Waals surface area contributed by atoms with Crippen molar-refractivity contribution in [2.45, 2.75) is 53.7 Å². The average molecular weight is 421 g/mol. The van der Waals surface area contributed by atoms with Crippen LogP contribution in [0.1, 0.15) is 54.5 Å². The predicted molar refractivity (Wildman–Crippen MR) is 118 cm³/mol. The van der Waals surface area contributed by atoms with E-state index in [1.165, 1.54) is 19.9 Å². The van der Waals surface area contributed by atoms with Crippen molar-refractivity contribution in [1.29, 1.82) is 5.26 Å². The van der Waals surface area contributed by atoms with Crippen LogP contribution >= 0.6 is 0 Å². The number of anilines is 1. The number of hydrogen-bond donors (Lipinski definition) is 1. The lowest BCUT2D eigenvalue weighted by Crippen LogP contribution is -2.30. The molecule has 1 atom stereocenters. The Kier molecular flexibility index (Phi) is 7.92. The maximum atomic E-state index is 12.5. The molecule has 0 aliphatic carbocycles. The number of ether oxygens (including phenoxy) is 1. The summed E-state index contributed by atoms with van der Waals surface area (Å²) in [5.41, 5.74) is 3.44. The largest absolute Gasteiger partial charge is 0.448 e. The molecule has 1 amide bonds. The zero-order chi connectivity index (χ0) is 23.1. The molecule has 2 aromatic rings. The van der Waals surface area contributed by atoms with E-state index in [2.05, 4.69) is 16.8 Å². The Morgan fingerprint density at radius 3 is 2.58 bits per heavy atom. The molecule has 0 spiro atoms. The monoisotopic (exact) mass is 421 g/mol. The van der Waals surface area contributed by atoms with E-state index in [1.54, 1.807) is 24.3 Å². The topological polar surface area (TPSA) is 101 Å². The quantitative estimate of drug-likeness (QED) is 0.298. The van der Waals surface area contributed by atoms with E-state index in [-0.39, 0.29) is 11.4 Å². The first kappa shape index (κ1) is 23.6. The van der Waals surface area contributed by atoms with Crippen LogP contribution in [0.4, 0.5) is 5.69 Å². The molecule has 1 heterocycles. The molecule has 7 nitrogen and oxygen atoms in total. The van der Waals surface area contributed by atoms with Gasteiger partial charge < -0.3 is 14.6 Å². The minimum absolute atomic E-state index is 0.127. The molecule has 0 aliphatic heterocycles. The third-order valence-electron chi connectivity index (χ3n) is 4.89. The third kappa shape index (κ3) is 5.92.